The molecule has 0 spiro atoms. The fourth-order valence-corrected chi connectivity index (χ4v) is 0.189. The van der Waals surface area contributed by atoms with E-state index in [0.29, 0.717) is 0 Å². The van der Waals surface area contributed by atoms with E-state index in [1.54, 1.807) is 0 Å². The number of hydrogen-bond donors (Lipinski definition) is 0. The van der Waals surface area contributed by atoms with Crippen LogP contribution in [-0.4, -0.2) is 13.8 Å². The van der Waals surface area contributed by atoms with Crippen LogP contribution in [0.25, 0.3) is 0 Å². The maximum atomic E-state index is 10.9. The first-order valence-electron chi connectivity index (χ1n) is 1.89. The molecule has 44 valence electrons. The third-order valence-electron chi connectivity index (χ3n) is 0.356. The molecule has 0 N–H and O–H groups in total. The van der Waals surface area contributed by atoms with Gasteiger partial charge in [0.1, 0.15) is 0 Å². The zero-order chi connectivity index (χ0) is 5.91. The van der Waals surface area contributed by atoms with Crippen LogP contribution in [0.4, 0.5) is 12.9 Å². The first-order chi connectivity index (χ1) is 3.06. The summed E-state index contributed by atoms with van der Waals surface area (Å²) in [6, 6.07) is 0. The van der Waals surface area contributed by atoms with Crippen LogP contribution in [0.5, 0.6) is 0 Å². The van der Waals surface area contributed by atoms with E-state index in [-0.39, 0.29) is 58.0 Å². The van der Waals surface area contributed by atoms with Gasteiger partial charge in [-0.1, -0.05) is 0 Å². The second-order valence-corrected chi connectivity index (χ2v) is 0.970. The van der Waals surface area contributed by atoms with Gasteiger partial charge >= 0.3 is 58.6 Å². The average Bonchev–Trinajstić information content (AvgIpc) is 1.30. The van der Waals surface area contributed by atoms with Crippen molar-refractivity contribution in [3.63, 3.8) is 0 Å². The molecule has 0 aliphatic heterocycles. The fourth-order valence-electron chi connectivity index (χ4n) is 0.189. The van der Waals surface area contributed by atoms with Crippen molar-refractivity contribution in [2.45, 2.75) is 6.92 Å². The number of halogens is 3. The van der Waals surface area contributed by atoms with E-state index >= 15 is 0 Å². The van der Waals surface area contributed by atoms with Gasteiger partial charge in [0.15, 0.2) is 0 Å². The Morgan fingerprint density at radius 1 is 1.38 bits per heavy atom. The first kappa shape index (κ1) is 12.2. The molecule has 0 aromatic heterocycles. The quantitative estimate of drug-likeness (QED) is 0.431. The van der Waals surface area contributed by atoms with E-state index in [9.17, 15) is 12.9 Å². The van der Waals surface area contributed by atoms with Gasteiger partial charge in [0, 0.05) is 6.61 Å². The van der Waals surface area contributed by atoms with Crippen molar-refractivity contribution in [2.75, 3.05) is 6.61 Å². The van der Waals surface area contributed by atoms with Crippen LogP contribution < -0.4 is 51.4 Å². The molecule has 0 aliphatic rings. The van der Waals surface area contributed by atoms with Crippen molar-refractivity contribution in [3.8, 4) is 0 Å². The predicted octanol–water partition coefficient (Wildman–Crippen LogP) is -1.63. The Balaban J connectivity index is 0. The molecule has 0 saturated carbocycles. The van der Waals surface area contributed by atoms with Gasteiger partial charge in [-0.2, -0.15) is 0 Å². The molecule has 0 aromatic rings. The van der Waals surface area contributed by atoms with Gasteiger partial charge in [0.05, 0.1) is 0 Å². The standard InChI is InChI=1S/C2H5BF3O.K/c1-2-7-3(4,5)6;/h2H2,1H3;/q-1;+1. The van der Waals surface area contributed by atoms with E-state index in [2.05, 4.69) is 4.65 Å². The Morgan fingerprint density at radius 2 is 1.75 bits per heavy atom. The summed E-state index contributed by atoms with van der Waals surface area (Å²) in [6.45, 7) is 1.01. The molecule has 0 bridgehead atoms. The largest absolute Gasteiger partial charge is 1.00 e. The van der Waals surface area contributed by atoms with E-state index in [1.165, 1.54) is 6.92 Å². The molecule has 8 heavy (non-hydrogen) atoms. The summed E-state index contributed by atoms with van der Waals surface area (Å²) in [7, 11) is -4.99. The zero-order valence-corrected chi connectivity index (χ0v) is 7.95. The SMILES string of the molecule is CCO[B-](F)(F)F.[K+]. The first-order valence-corrected chi connectivity index (χ1v) is 1.89. The maximum absolute atomic E-state index is 10.9. The van der Waals surface area contributed by atoms with Gasteiger partial charge in [0.2, 0.25) is 0 Å². The van der Waals surface area contributed by atoms with Crippen LogP contribution in [0, 0.1) is 0 Å². The van der Waals surface area contributed by atoms with Crippen molar-refractivity contribution >= 4 is 7.18 Å². The maximum Gasteiger partial charge on any atom is 1.00 e. The van der Waals surface area contributed by atoms with Gasteiger partial charge in [0.25, 0.3) is 0 Å². The van der Waals surface area contributed by atoms with Crippen LogP contribution in [-0.2, 0) is 4.65 Å². The van der Waals surface area contributed by atoms with Gasteiger partial charge in [-0.05, 0) is 6.92 Å². The second kappa shape index (κ2) is 5.25. The molecule has 0 aromatic carbocycles. The van der Waals surface area contributed by atoms with Crippen molar-refractivity contribution in [2.24, 2.45) is 0 Å². The number of hydrogen-bond acceptors (Lipinski definition) is 1. The molecular weight excluding hydrogens is 147 g/mol. The van der Waals surface area contributed by atoms with Crippen LogP contribution in [0.2, 0.25) is 0 Å². The normalized spacial score (nSPS) is 10.5. The fraction of sp³-hybridized carbons (Fsp3) is 1.00. The number of rotatable bonds is 2. The minimum Gasteiger partial charge on any atom is -0.508 e. The van der Waals surface area contributed by atoms with Crippen LogP contribution in [0.1, 0.15) is 6.92 Å². The van der Waals surface area contributed by atoms with Gasteiger partial charge in [-0.25, -0.2) is 0 Å². The van der Waals surface area contributed by atoms with Crippen molar-refractivity contribution in [1.29, 1.82) is 0 Å². The molecule has 6 heteroatoms. The average molecular weight is 152 g/mol. The predicted molar refractivity (Wildman–Crippen MR) is 20.7 cm³/mol. The molecule has 0 fully saturated rings. The summed E-state index contributed by atoms with van der Waals surface area (Å²) in [4.78, 5) is 0. The molecule has 0 amide bonds. The molecule has 0 rings (SSSR count). The smallest absolute Gasteiger partial charge is 0.508 e. The van der Waals surface area contributed by atoms with E-state index < -0.39 is 7.18 Å². The Hall–Kier alpha value is 1.45. The molecule has 0 radical (unpaired) electrons. The zero-order valence-electron chi connectivity index (χ0n) is 4.83. The third kappa shape index (κ3) is 10.4. The van der Waals surface area contributed by atoms with Gasteiger partial charge in [-0.15, -0.1) is 0 Å². The summed E-state index contributed by atoms with van der Waals surface area (Å²) in [6.07, 6.45) is 0. The topological polar surface area (TPSA) is 9.23 Å². The molecular formula is C2H5BF3KO. The van der Waals surface area contributed by atoms with Crippen LogP contribution in [0.15, 0.2) is 0 Å². The minimum atomic E-state index is -4.99. The molecule has 0 atom stereocenters. The third-order valence-corrected chi connectivity index (χ3v) is 0.356. The van der Waals surface area contributed by atoms with Crippen LogP contribution in [0.3, 0.4) is 0 Å². The monoisotopic (exact) mass is 152 g/mol. The Kier molecular flexibility index (Phi) is 7.98. The molecule has 1 nitrogen and oxygen atoms in total. The molecule has 0 saturated heterocycles. The van der Waals surface area contributed by atoms with Gasteiger partial charge in [-0.3, -0.25) is 0 Å². The Bertz CT molecular complexity index is 55.7. The molecule has 0 heterocycles. The summed E-state index contributed by atoms with van der Waals surface area (Å²) in [5, 5.41) is 0. The van der Waals surface area contributed by atoms with E-state index in [0.717, 1.165) is 0 Å². The van der Waals surface area contributed by atoms with E-state index in [4.69, 9.17) is 0 Å². The van der Waals surface area contributed by atoms with Crippen molar-refractivity contribution in [1.82, 2.24) is 0 Å². The summed E-state index contributed by atoms with van der Waals surface area (Å²) in [5.41, 5.74) is 0. The van der Waals surface area contributed by atoms with Crippen molar-refractivity contribution in [3.05, 3.63) is 0 Å². The molecule has 0 unspecified atom stereocenters. The summed E-state index contributed by atoms with van der Waals surface area (Å²) >= 11 is 0. The molecule has 0 aliphatic carbocycles. The van der Waals surface area contributed by atoms with Gasteiger partial charge < -0.3 is 17.6 Å². The van der Waals surface area contributed by atoms with E-state index in [1.807, 2.05) is 0 Å². The second-order valence-electron chi connectivity index (χ2n) is 0.970. The summed E-state index contributed by atoms with van der Waals surface area (Å²) in [5.74, 6) is 0. The Morgan fingerprint density at radius 3 is 1.75 bits per heavy atom. The van der Waals surface area contributed by atoms with Crippen molar-refractivity contribution < 1.29 is 69.0 Å². The summed E-state index contributed by atoms with van der Waals surface area (Å²) < 4.78 is 36.0. The van der Waals surface area contributed by atoms with Crippen LogP contribution >= 0.6 is 0 Å². The Labute approximate surface area is 88.5 Å². The minimum absolute atomic E-state index is 0.